The SMILES string of the molecule is CN(N)/C=C(\N)C[C@@H]1C(=O)NC=CN1S(=O)(=O)c1ccccc1. The number of hydrogen-bond acceptors (Lipinski definition) is 6. The van der Waals surface area contributed by atoms with Gasteiger partial charge in [-0.05, 0) is 12.1 Å². The summed E-state index contributed by atoms with van der Waals surface area (Å²) >= 11 is 0. The first-order valence-electron chi connectivity index (χ1n) is 6.81. The average Bonchev–Trinajstić information content (AvgIpc) is 2.49. The number of hydrogen-bond donors (Lipinski definition) is 3. The van der Waals surface area contributed by atoms with Crippen LogP contribution in [0.25, 0.3) is 0 Å². The van der Waals surface area contributed by atoms with Gasteiger partial charge in [-0.3, -0.25) is 9.10 Å². The quantitative estimate of drug-likeness (QED) is 0.498. The van der Waals surface area contributed by atoms with E-state index in [-0.39, 0.29) is 11.3 Å². The second-order valence-electron chi connectivity index (χ2n) is 5.06. The molecule has 0 spiro atoms. The third-order valence-corrected chi connectivity index (χ3v) is 4.97. The number of amides is 1. The van der Waals surface area contributed by atoms with Crippen molar-refractivity contribution in [3.05, 3.63) is 54.6 Å². The maximum atomic E-state index is 12.7. The Hall–Kier alpha value is -2.52. The zero-order valence-corrected chi connectivity index (χ0v) is 13.4. The fraction of sp³-hybridized carbons (Fsp3) is 0.214. The molecule has 0 aromatic heterocycles. The third kappa shape index (κ3) is 3.82. The Bertz CT molecular complexity index is 728. The van der Waals surface area contributed by atoms with Crippen LogP contribution >= 0.6 is 0 Å². The maximum Gasteiger partial charge on any atom is 0.264 e. The lowest BCUT2D eigenvalue weighted by molar-refractivity contribution is -0.124. The molecule has 1 aliphatic rings. The lowest BCUT2D eigenvalue weighted by Gasteiger charge is -2.31. The van der Waals surface area contributed by atoms with Crippen molar-refractivity contribution in [1.82, 2.24) is 14.6 Å². The van der Waals surface area contributed by atoms with Crippen molar-refractivity contribution in [1.29, 1.82) is 0 Å². The van der Waals surface area contributed by atoms with E-state index in [2.05, 4.69) is 5.32 Å². The summed E-state index contributed by atoms with van der Waals surface area (Å²) in [4.78, 5) is 12.2. The Morgan fingerprint density at radius 1 is 1.39 bits per heavy atom. The predicted octanol–water partition coefficient (Wildman–Crippen LogP) is -0.357. The van der Waals surface area contributed by atoms with Crippen molar-refractivity contribution in [2.24, 2.45) is 11.6 Å². The first-order chi connectivity index (χ1) is 10.8. The van der Waals surface area contributed by atoms with Crippen molar-refractivity contribution in [2.45, 2.75) is 17.4 Å². The molecule has 23 heavy (non-hydrogen) atoms. The Morgan fingerprint density at radius 3 is 2.65 bits per heavy atom. The molecule has 0 saturated heterocycles. The summed E-state index contributed by atoms with van der Waals surface area (Å²) in [6, 6.07) is 6.91. The minimum absolute atomic E-state index is 0.0176. The molecule has 9 heteroatoms. The summed E-state index contributed by atoms with van der Waals surface area (Å²) < 4.78 is 26.5. The summed E-state index contributed by atoms with van der Waals surface area (Å²) in [6.07, 6.45) is 4.05. The lowest BCUT2D eigenvalue weighted by Crippen LogP contribution is -2.49. The first kappa shape index (κ1) is 16.8. The monoisotopic (exact) mass is 337 g/mol. The maximum absolute atomic E-state index is 12.7. The van der Waals surface area contributed by atoms with E-state index < -0.39 is 22.0 Å². The zero-order valence-electron chi connectivity index (χ0n) is 12.6. The van der Waals surface area contributed by atoms with Gasteiger partial charge in [0, 0.05) is 37.8 Å². The van der Waals surface area contributed by atoms with Crippen LogP contribution in [0, 0.1) is 0 Å². The normalized spacial score (nSPS) is 18.7. The molecule has 0 saturated carbocycles. The van der Waals surface area contributed by atoms with Gasteiger partial charge in [-0.2, -0.15) is 0 Å². The highest BCUT2D eigenvalue weighted by Crippen LogP contribution is 2.23. The summed E-state index contributed by atoms with van der Waals surface area (Å²) in [5, 5.41) is 3.73. The Morgan fingerprint density at radius 2 is 2.04 bits per heavy atom. The van der Waals surface area contributed by atoms with Gasteiger partial charge in [-0.25, -0.2) is 14.3 Å². The molecule has 8 nitrogen and oxygen atoms in total. The largest absolute Gasteiger partial charge is 0.401 e. The summed E-state index contributed by atoms with van der Waals surface area (Å²) in [7, 11) is -2.28. The predicted molar refractivity (Wildman–Crippen MR) is 85.4 cm³/mol. The lowest BCUT2D eigenvalue weighted by atomic mass is 10.1. The third-order valence-electron chi connectivity index (χ3n) is 3.17. The van der Waals surface area contributed by atoms with Crippen LogP contribution in [-0.2, 0) is 14.8 Å². The summed E-state index contributed by atoms with van der Waals surface area (Å²) in [6.45, 7) is 0. The number of nitrogens with one attached hydrogen (secondary N) is 1. The molecule has 2 rings (SSSR count). The Kier molecular flexibility index (Phi) is 4.92. The van der Waals surface area contributed by atoms with E-state index in [1.807, 2.05) is 0 Å². The van der Waals surface area contributed by atoms with Crippen LogP contribution in [0.15, 0.2) is 59.5 Å². The molecule has 0 radical (unpaired) electrons. The molecule has 1 heterocycles. The van der Waals surface area contributed by atoms with E-state index in [9.17, 15) is 13.2 Å². The molecule has 1 atom stereocenters. The van der Waals surface area contributed by atoms with Crippen LogP contribution in [0.5, 0.6) is 0 Å². The molecule has 0 bridgehead atoms. The van der Waals surface area contributed by atoms with Crippen molar-refractivity contribution in [3.63, 3.8) is 0 Å². The zero-order chi connectivity index (χ0) is 17.0. The van der Waals surface area contributed by atoms with E-state index in [0.717, 1.165) is 4.31 Å². The van der Waals surface area contributed by atoms with Crippen molar-refractivity contribution < 1.29 is 13.2 Å². The minimum Gasteiger partial charge on any atom is -0.401 e. The van der Waals surface area contributed by atoms with Crippen LogP contribution in [-0.4, -0.2) is 36.7 Å². The number of rotatable bonds is 5. The fourth-order valence-electron chi connectivity index (χ4n) is 2.19. The van der Waals surface area contributed by atoms with Gasteiger partial charge in [0.2, 0.25) is 5.91 Å². The molecule has 1 amide bonds. The molecule has 124 valence electrons. The van der Waals surface area contributed by atoms with Crippen LogP contribution in [0.2, 0.25) is 0 Å². The van der Waals surface area contributed by atoms with Gasteiger partial charge in [0.05, 0.1) is 4.90 Å². The topological polar surface area (TPSA) is 122 Å². The highest BCUT2D eigenvalue weighted by Gasteiger charge is 2.35. The summed E-state index contributed by atoms with van der Waals surface area (Å²) in [5.74, 6) is 5.02. The van der Waals surface area contributed by atoms with Crippen molar-refractivity contribution in [3.8, 4) is 0 Å². The molecule has 1 aromatic rings. The van der Waals surface area contributed by atoms with Gasteiger partial charge in [-0.15, -0.1) is 0 Å². The van der Waals surface area contributed by atoms with E-state index in [1.54, 1.807) is 25.2 Å². The van der Waals surface area contributed by atoms with Gasteiger partial charge in [0.1, 0.15) is 6.04 Å². The number of nitrogens with two attached hydrogens (primary N) is 2. The van der Waals surface area contributed by atoms with Crippen LogP contribution < -0.4 is 16.9 Å². The number of carbonyl (C=O) groups is 1. The van der Waals surface area contributed by atoms with Crippen LogP contribution in [0.4, 0.5) is 0 Å². The minimum atomic E-state index is -3.86. The van der Waals surface area contributed by atoms with E-state index in [0.29, 0.717) is 5.70 Å². The van der Waals surface area contributed by atoms with Gasteiger partial charge in [0.25, 0.3) is 10.0 Å². The molecule has 1 aliphatic heterocycles. The number of sulfonamides is 1. The molecular weight excluding hydrogens is 318 g/mol. The molecule has 5 N–H and O–H groups in total. The molecule has 1 aromatic carbocycles. The second-order valence-corrected chi connectivity index (χ2v) is 6.90. The van der Waals surface area contributed by atoms with Crippen molar-refractivity contribution >= 4 is 15.9 Å². The van der Waals surface area contributed by atoms with Gasteiger partial charge in [0.15, 0.2) is 0 Å². The first-order valence-corrected chi connectivity index (χ1v) is 8.25. The molecule has 0 aliphatic carbocycles. The molecular formula is C14H19N5O3S. The number of benzene rings is 1. The molecule has 0 fully saturated rings. The van der Waals surface area contributed by atoms with Crippen LogP contribution in [0.3, 0.4) is 0 Å². The van der Waals surface area contributed by atoms with E-state index >= 15 is 0 Å². The smallest absolute Gasteiger partial charge is 0.264 e. The van der Waals surface area contributed by atoms with Gasteiger partial charge in [-0.1, -0.05) is 18.2 Å². The standard InChI is InChI=1S/C14H19N5O3S/c1-18(16)10-11(15)9-13-14(20)17-7-8-19(13)23(21,22)12-5-3-2-4-6-12/h2-8,10,13H,9,15-16H2,1H3,(H,17,20)/b11-10-/t13-/m1/s1. The number of nitrogens with zero attached hydrogens (tertiary/aromatic N) is 2. The summed E-state index contributed by atoms with van der Waals surface area (Å²) in [5.41, 5.74) is 6.12. The highest BCUT2D eigenvalue weighted by atomic mass is 32.2. The van der Waals surface area contributed by atoms with E-state index in [1.165, 1.54) is 35.7 Å². The number of hydrazine groups is 1. The van der Waals surface area contributed by atoms with Gasteiger partial charge < -0.3 is 16.1 Å². The average molecular weight is 337 g/mol. The second kappa shape index (κ2) is 6.71. The van der Waals surface area contributed by atoms with E-state index in [4.69, 9.17) is 11.6 Å². The van der Waals surface area contributed by atoms with Crippen LogP contribution in [0.1, 0.15) is 6.42 Å². The Balaban J connectivity index is 2.36. The molecule has 0 unspecified atom stereocenters. The number of carbonyl (C=O) groups excluding carboxylic acids is 1. The van der Waals surface area contributed by atoms with Gasteiger partial charge >= 0.3 is 0 Å². The Labute approximate surface area is 135 Å². The fourth-order valence-corrected chi connectivity index (χ4v) is 3.66. The van der Waals surface area contributed by atoms with Crippen molar-refractivity contribution in [2.75, 3.05) is 7.05 Å². The highest BCUT2D eigenvalue weighted by molar-refractivity contribution is 7.89.